The van der Waals surface area contributed by atoms with Gasteiger partial charge in [0, 0.05) is 11.8 Å². The predicted molar refractivity (Wildman–Crippen MR) is 64.2 cm³/mol. The number of hydrogen-bond acceptors (Lipinski definition) is 4. The fourth-order valence-corrected chi connectivity index (χ4v) is 4.11. The first-order valence-electron chi connectivity index (χ1n) is 6.13. The van der Waals surface area contributed by atoms with Crippen LogP contribution in [0.5, 0.6) is 0 Å². The third-order valence-corrected chi connectivity index (χ3v) is 5.05. The highest BCUT2D eigenvalue weighted by Gasteiger charge is 2.72. The zero-order valence-corrected chi connectivity index (χ0v) is 10.3. The van der Waals surface area contributed by atoms with E-state index < -0.39 is 10.8 Å². The molecule has 4 atom stereocenters. The quantitative estimate of drug-likeness (QED) is 0.611. The summed E-state index contributed by atoms with van der Waals surface area (Å²) in [7, 11) is 0. The first kappa shape index (κ1) is 11.5. The monoisotopic (exact) mass is 246 g/mol. The highest BCUT2D eigenvalue weighted by atomic mass is 14.7. The van der Waals surface area contributed by atoms with E-state index in [4.69, 9.17) is 0 Å². The van der Waals surface area contributed by atoms with Crippen LogP contribution in [0.1, 0.15) is 6.92 Å². The van der Waals surface area contributed by atoms with Crippen LogP contribution in [-0.4, -0.2) is 0 Å². The van der Waals surface area contributed by atoms with E-state index in [0.29, 0.717) is 0 Å². The molecule has 0 amide bonds. The van der Waals surface area contributed by atoms with Crippen LogP contribution in [0.4, 0.5) is 0 Å². The standard InChI is InChI=1S/C15H10N4/c1-9-4-10-11-2-3-12(13(9)10)15(7-18,8-19)14(11,5-16)6-17/h2-4,10-13H,1H3/t10-,11+,12+,13-/m0/s1. The topological polar surface area (TPSA) is 95.2 Å². The zero-order chi connectivity index (χ0) is 13.8. The van der Waals surface area contributed by atoms with Gasteiger partial charge < -0.3 is 0 Å². The van der Waals surface area contributed by atoms with Gasteiger partial charge in [0.05, 0.1) is 24.3 Å². The molecule has 0 aromatic carbocycles. The molecule has 0 unspecified atom stereocenters. The maximum absolute atomic E-state index is 9.55. The second-order valence-electron chi connectivity index (χ2n) is 5.51. The largest absolute Gasteiger partial charge is 0.196 e. The molecule has 4 nitrogen and oxygen atoms in total. The SMILES string of the molecule is CC1=C[C@@H]2[C@H]1[C@H]1C=C[C@H]2C(C#N)(C#N)C1(C#N)C#N. The van der Waals surface area contributed by atoms with Gasteiger partial charge in [-0.15, -0.1) is 0 Å². The van der Waals surface area contributed by atoms with E-state index in [9.17, 15) is 21.0 Å². The molecular weight excluding hydrogens is 236 g/mol. The predicted octanol–water partition coefficient (Wildman–Crippen LogP) is 2.06. The van der Waals surface area contributed by atoms with Gasteiger partial charge in [0.1, 0.15) is 0 Å². The lowest BCUT2D eigenvalue weighted by Gasteiger charge is -2.59. The van der Waals surface area contributed by atoms with Crippen molar-refractivity contribution in [2.75, 3.05) is 0 Å². The number of hydrogen-bond donors (Lipinski definition) is 0. The van der Waals surface area contributed by atoms with Crippen LogP contribution in [-0.2, 0) is 0 Å². The summed E-state index contributed by atoms with van der Waals surface area (Å²) < 4.78 is 0. The van der Waals surface area contributed by atoms with Crippen molar-refractivity contribution in [3.63, 3.8) is 0 Å². The van der Waals surface area contributed by atoms with E-state index >= 15 is 0 Å². The van der Waals surface area contributed by atoms with E-state index in [1.165, 1.54) is 0 Å². The minimum atomic E-state index is -1.56. The molecule has 0 N–H and O–H groups in total. The molecule has 4 aliphatic carbocycles. The van der Waals surface area contributed by atoms with Crippen molar-refractivity contribution in [2.45, 2.75) is 6.92 Å². The minimum Gasteiger partial charge on any atom is -0.196 e. The molecular formula is C15H10N4. The van der Waals surface area contributed by atoms with E-state index in [0.717, 1.165) is 5.57 Å². The van der Waals surface area contributed by atoms with Crippen molar-refractivity contribution in [3.8, 4) is 24.3 Å². The van der Waals surface area contributed by atoms with E-state index in [1.807, 2.05) is 43.4 Å². The molecule has 4 heteroatoms. The summed E-state index contributed by atoms with van der Waals surface area (Å²) in [5, 5.41) is 38.1. The molecule has 1 saturated carbocycles. The van der Waals surface area contributed by atoms with Crippen molar-refractivity contribution in [2.24, 2.45) is 34.5 Å². The summed E-state index contributed by atoms with van der Waals surface area (Å²) in [5.41, 5.74) is -1.97. The zero-order valence-electron chi connectivity index (χ0n) is 10.3. The van der Waals surface area contributed by atoms with Gasteiger partial charge in [-0.25, -0.2) is 0 Å². The smallest absolute Gasteiger partial charge is 0.182 e. The molecule has 19 heavy (non-hydrogen) atoms. The highest BCUT2D eigenvalue weighted by molar-refractivity contribution is 5.50. The van der Waals surface area contributed by atoms with Crippen LogP contribution in [0, 0.1) is 79.8 Å². The Morgan fingerprint density at radius 3 is 1.84 bits per heavy atom. The molecule has 0 spiro atoms. The summed E-state index contributed by atoms with van der Waals surface area (Å²) in [6, 6.07) is 8.03. The molecule has 0 heterocycles. The Morgan fingerprint density at radius 2 is 1.37 bits per heavy atom. The van der Waals surface area contributed by atoms with Crippen molar-refractivity contribution in [1.29, 1.82) is 21.0 Å². The third kappa shape index (κ3) is 0.907. The second-order valence-corrected chi connectivity index (χ2v) is 5.51. The third-order valence-electron chi connectivity index (χ3n) is 5.05. The van der Waals surface area contributed by atoms with Gasteiger partial charge in [-0.1, -0.05) is 23.8 Å². The molecule has 2 bridgehead atoms. The van der Waals surface area contributed by atoms with Gasteiger partial charge in [-0.05, 0) is 18.8 Å². The van der Waals surface area contributed by atoms with Crippen molar-refractivity contribution in [3.05, 3.63) is 23.8 Å². The lowest BCUT2D eigenvalue weighted by molar-refractivity contribution is 0.00180. The van der Waals surface area contributed by atoms with E-state index in [-0.39, 0.29) is 23.7 Å². The van der Waals surface area contributed by atoms with Gasteiger partial charge >= 0.3 is 0 Å². The van der Waals surface area contributed by atoms with Gasteiger partial charge in [0.15, 0.2) is 10.8 Å². The maximum atomic E-state index is 9.55. The fourth-order valence-electron chi connectivity index (χ4n) is 4.11. The van der Waals surface area contributed by atoms with E-state index in [1.54, 1.807) is 0 Å². The molecule has 0 aromatic rings. The highest BCUT2D eigenvalue weighted by Crippen LogP contribution is 2.67. The Morgan fingerprint density at radius 1 is 0.895 bits per heavy atom. The van der Waals surface area contributed by atoms with Crippen LogP contribution in [0.15, 0.2) is 23.8 Å². The Balaban J connectivity index is 2.33. The Labute approximate surface area is 111 Å². The summed E-state index contributed by atoms with van der Waals surface area (Å²) in [5.74, 6) is -0.476. The van der Waals surface area contributed by atoms with E-state index in [2.05, 4.69) is 6.08 Å². The molecule has 90 valence electrons. The first-order chi connectivity index (χ1) is 9.11. The molecule has 0 aromatic heterocycles. The average Bonchev–Trinajstić information content (AvgIpc) is 2.44. The van der Waals surface area contributed by atoms with Gasteiger partial charge in [0.2, 0.25) is 0 Å². The average molecular weight is 246 g/mol. The van der Waals surface area contributed by atoms with Crippen LogP contribution >= 0.6 is 0 Å². The number of nitrogens with zero attached hydrogens (tertiary/aromatic N) is 4. The molecule has 0 saturated heterocycles. The minimum absolute atomic E-state index is 0.115. The molecule has 4 rings (SSSR count). The number of rotatable bonds is 0. The second kappa shape index (κ2) is 3.26. The van der Waals surface area contributed by atoms with Gasteiger partial charge in [-0.2, -0.15) is 21.0 Å². The Bertz CT molecular complexity index is 658. The molecule has 0 aliphatic heterocycles. The van der Waals surface area contributed by atoms with Crippen molar-refractivity contribution in [1.82, 2.24) is 0 Å². The molecule has 0 radical (unpaired) electrons. The summed E-state index contributed by atoms with van der Waals surface area (Å²) in [6.45, 7) is 1.98. The first-order valence-corrected chi connectivity index (χ1v) is 6.13. The summed E-state index contributed by atoms with van der Waals surface area (Å²) in [6.07, 6.45) is 5.78. The Kier molecular flexibility index (Phi) is 1.98. The number of fused-ring (bicyclic) bond motifs is 1. The van der Waals surface area contributed by atoms with Gasteiger partial charge in [0.25, 0.3) is 0 Å². The normalized spacial score (nSPS) is 38.5. The van der Waals surface area contributed by atoms with Crippen LogP contribution in [0.3, 0.4) is 0 Å². The van der Waals surface area contributed by atoms with Gasteiger partial charge in [-0.3, -0.25) is 0 Å². The Hall–Kier alpha value is -2.56. The lowest BCUT2D eigenvalue weighted by atomic mass is 9.38. The molecule has 4 aliphatic rings. The van der Waals surface area contributed by atoms with Crippen molar-refractivity contribution < 1.29 is 0 Å². The lowest BCUT2D eigenvalue weighted by Crippen LogP contribution is -2.62. The van der Waals surface area contributed by atoms with Crippen LogP contribution < -0.4 is 0 Å². The van der Waals surface area contributed by atoms with Crippen molar-refractivity contribution >= 4 is 0 Å². The molecule has 1 fully saturated rings. The number of allylic oxidation sites excluding steroid dienone is 4. The van der Waals surface area contributed by atoms with Crippen LogP contribution in [0.2, 0.25) is 0 Å². The van der Waals surface area contributed by atoms with Crippen LogP contribution in [0.25, 0.3) is 0 Å². The summed E-state index contributed by atoms with van der Waals surface area (Å²) in [4.78, 5) is 0. The number of nitriles is 4. The fraction of sp³-hybridized carbons (Fsp3) is 0.467. The maximum Gasteiger partial charge on any atom is 0.182 e. The summed E-state index contributed by atoms with van der Waals surface area (Å²) >= 11 is 0.